The number of imidazole rings is 1. The Morgan fingerprint density at radius 3 is 2.67 bits per heavy atom. The second-order valence-corrected chi connectivity index (χ2v) is 10.3. The number of amidine groups is 1. The molecule has 3 N–H and O–H groups in total. The van der Waals surface area contributed by atoms with Crippen LogP contribution in [0.2, 0.25) is 0 Å². The lowest BCUT2D eigenvalue weighted by atomic mass is 9.89. The molecule has 1 fully saturated rings. The lowest BCUT2D eigenvalue weighted by molar-refractivity contribution is -0.0494. The van der Waals surface area contributed by atoms with E-state index >= 15 is 4.39 Å². The number of rotatable bonds is 7. The highest BCUT2D eigenvalue weighted by Crippen LogP contribution is 2.42. The zero-order valence-corrected chi connectivity index (χ0v) is 22.2. The second kappa shape index (κ2) is 10.9. The Bertz CT molecular complexity index is 1740. The molecule has 0 spiro atoms. The van der Waals surface area contributed by atoms with E-state index in [0.717, 1.165) is 5.56 Å². The fraction of sp³-hybridized carbons (Fsp3) is 0.267. The van der Waals surface area contributed by atoms with Gasteiger partial charge in [-0.25, -0.2) is 18.8 Å². The fourth-order valence-electron chi connectivity index (χ4n) is 6.13. The number of alkyl halides is 2. The number of hydrogen-bond acceptors (Lipinski definition) is 4. The first-order valence-electron chi connectivity index (χ1n) is 13.4. The van der Waals surface area contributed by atoms with Gasteiger partial charge in [0.1, 0.15) is 35.1 Å². The third-order valence-corrected chi connectivity index (χ3v) is 7.94. The molecule has 1 amide bonds. The summed E-state index contributed by atoms with van der Waals surface area (Å²) in [6.45, 7) is -2.75. The van der Waals surface area contributed by atoms with Crippen molar-refractivity contribution in [3.8, 4) is 17.1 Å². The third-order valence-electron chi connectivity index (χ3n) is 7.94. The number of aromatic nitrogens is 2. The third kappa shape index (κ3) is 4.76. The quantitative estimate of drug-likeness (QED) is 0.158. The molecular weight excluding hydrogens is 552 g/mol. The Hall–Kier alpha value is -4.74. The molecule has 1 aromatic heterocycles. The molecule has 6 rings (SSSR count). The SMILES string of the molecule is N=CN=C(N)c1ccc2nc(-c3ccccc3OC(F)F)n(C3CCCC(N4Cc5ccc(F)cc5C4=O)C3)c2c1F. The molecule has 2 atom stereocenters. The minimum absolute atomic E-state index is 0.0321. The number of fused-ring (bicyclic) bond motifs is 2. The van der Waals surface area contributed by atoms with Gasteiger partial charge < -0.3 is 19.9 Å². The minimum Gasteiger partial charge on any atom is -0.434 e. The van der Waals surface area contributed by atoms with Crippen LogP contribution in [-0.2, 0) is 6.54 Å². The van der Waals surface area contributed by atoms with Crippen molar-refractivity contribution in [1.82, 2.24) is 14.5 Å². The number of benzene rings is 3. The van der Waals surface area contributed by atoms with Gasteiger partial charge in [0.05, 0.1) is 16.6 Å². The Labute approximate surface area is 237 Å². The van der Waals surface area contributed by atoms with Gasteiger partial charge in [-0.3, -0.25) is 10.2 Å². The van der Waals surface area contributed by atoms with Gasteiger partial charge in [-0.15, -0.1) is 0 Å². The van der Waals surface area contributed by atoms with Crippen LogP contribution >= 0.6 is 0 Å². The molecule has 0 radical (unpaired) electrons. The lowest BCUT2D eigenvalue weighted by Crippen LogP contribution is -2.39. The van der Waals surface area contributed by atoms with Crippen LogP contribution in [0.1, 0.15) is 53.2 Å². The van der Waals surface area contributed by atoms with Crippen LogP contribution in [0.15, 0.2) is 59.6 Å². The number of halogens is 4. The molecule has 1 aliphatic heterocycles. The summed E-state index contributed by atoms with van der Waals surface area (Å²) in [7, 11) is 0. The molecule has 216 valence electrons. The minimum atomic E-state index is -3.09. The number of nitrogens with one attached hydrogen (secondary N) is 1. The van der Waals surface area contributed by atoms with Gasteiger partial charge in [-0.2, -0.15) is 8.78 Å². The topological polar surface area (TPSA) is 110 Å². The van der Waals surface area contributed by atoms with Crippen LogP contribution in [0.3, 0.4) is 0 Å². The molecule has 12 heteroatoms. The summed E-state index contributed by atoms with van der Waals surface area (Å²) in [5, 5.41) is 7.23. The highest BCUT2D eigenvalue weighted by molar-refractivity contribution is 6.03. The molecule has 8 nitrogen and oxygen atoms in total. The molecule has 2 unspecified atom stereocenters. The molecule has 4 aromatic rings. The fourth-order valence-corrected chi connectivity index (χ4v) is 6.13. The summed E-state index contributed by atoms with van der Waals surface area (Å²) in [5.41, 5.74) is 7.61. The van der Waals surface area contributed by atoms with E-state index in [9.17, 15) is 18.0 Å². The summed E-state index contributed by atoms with van der Waals surface area (Å²) in [4.78, 5) is 23.4. The van der Waals surface area contributed by atoms with Gasteiger partial charge in [0, 0.05) is 24.2 Å². The number of hydrogen-bond donors (Lipinski definition) is 2. The van der Waals surface area contributed by atoms with E-state index < -0.39 is 18.2 Å². The van der Waals surface area contributed by atoms with Crippen LogP contribution in [0.4, 0.5) is 17.6 Å². The number of amides is 1. The van der Waals surface area contributed by atoms with Crippen molar-refractivity contribution in [3.63, 3.8) is 0 Å². The highest BCUT2D eigenvalue weighted by atomic mass is 19.3. The number of aliphatic imine (C=N–C) groups is 1. The number of para-hydroxylation sites is 1. The molecule has 0 saturated heterocycles. The second-order valence-electron chi connectivity index (χ2n) is 10.3. The summed E-state index contributed by atoms with van der Waals surface area (Å²) >= 11 is 0. The molecule has 2 aliphatic rings. The average Bonchev–Trinajstić information content (AvgIpc) is 3.52. The van der Waals surface area contributed by atoms with Crippen LogP contribution in [0, 0.1) is 17.0 Å². The first-order valence-corrected chi connectivity index (χ1v) is 13.4. The van der Waals surface area contributed by atoms with E-state index in [-0.39, 0.29) is 57.6 Å². The first-order chi connectivity index (χ1) is 20.3. The number of carbonyl (C=O) groups excluding carboxylic acids is 1. The number of nitrogens with zero attached hydrogens (tertiary/aromatic N) is 4. The monoisotopic (exact) mass is 578 g/mol. The molecule has 2 heterocycles. The summed E-state index contributed by atoms with van der Waals surface area (Å²) in [6.07, 6.45) is 3.12. The van der Waals surface area contributed by atoms with E-state index in [2.05, 4.69) is 9.98 Å². The largest absolute Gasteiger partial charge is 0.434 e. The van der Waals surface area contributed by atoms with Crippen molar-refractivity contribution in [2.24, 2.45) is 10.7 Å². The molecule has 3 aromatic carbocycles. The van der Waals surface area contributed by atoms with Crippen LogP contribution in [-0.4, -0.2) is 45.2 Å². The van der Waals surface area contributed by atoms with Crippen LogP contribution < -0.4 is 10.5 Å². The van der Waals surface area contributed by atoms with Gasteiger partial charge in [-0.05, 0) is 67.6 Å². The summed E-state index contributed by atoms with van der Waals surface area (Å²) in [6, 6.07) is 12.7. The van der Waals surface area contributed by atoms with Crippen molar-refractivity contribution in [3.05, 3.63) is 82.9 Å². The van der Waals surface area contributed by atoms with E-state index in [1.54, 1.807) is 39.8 Å². The normalized spacial score (nSPS) is 19.0. The van der Waals surface area contributed by atoms with E-state index in [1.165, 1.54) is 24.3 Å². The van der Waals surface area contributed by atoms with E-state index in [1.807, 2.05) is 0 Å². The van der Waals surface area contributed by atoms with Gasteiger partial charge in [0.25, 0.3) is 5.91 Å². The molecular formula is C30H26F4N6O2. The molecule has 1 saturated carbocycles. The molecule has 0 bridgehead atoms. The molecule has 1 aliphatic carbocycles. The van der Waals surface area contributed by atoms with E-state index in [0.29, 0.717) is 44.1 Å². The maximum atomic E-state index is 16.2. The first kappa shape index (κ1) is 27.4. The zero-order valence-electron chi connectivity index (χ0n) is 22.2. The highest BCUT2D eigenvalue weighted by Gasteiger charge is 2.37. The number of carbonyl (C=O) groups is 1. The Balaban J connectivity index is 1.47. The maximum absolute atomic E-state index is 16.2. The van der Waals surface area contributed by atoms with Crippen LogP contribution in [0.5, 0.6) is 5.75 Å². The van der Waals surface area contributed by atoms with Crippen molar-refractivity contribution in [1.29, 1.82) is 5.41 Å². The van der Waals surface area contributed by atoms with Crippen molar-refractivity contribution in [2.75, 3.05) is 0 Å². The van der Waals surface area contributed by atoms with E-state index in [4.69, 9.17) is 15.9 Å². The van der Waals surface area contributed by atoms with Crippen molar-refractivity contribution in [2.45, 2.75) is 50.9 Å². The standard InChI is InChI=1S/C30H26F4N6O2/c31-17-9-8-16-14-39(29(41)22(16)12-17)18-4-3-5-19(13-18)40-26-23(11-10-21(25(26)32)27(36)37-15-35)38-28(40)20-6-1-2-7-24(20)42-30(33)34/h1-2,6-12,15,18-19,30H,3-5,13-14H2,(H3,35,36,37). The number of ether oxygens (including phenoxy) is 1. The average molecular weight is 579 g/mol. The zero-order chi connectivity index (χ0) is 29.5. The summed E-state index contributed by atoms with van der Waals surface area (Å²) < 4.78 is 63.3. The Kier molecular flexibility index (Phi) is 7.13. The van der Waals surface area contributed by atoms with Crippen molar-refractivity contribution >= 4 is 29.1 Å². The van der Waals surface area contributed by atoms with Crippen LogP contribution in [0.25, 0.3) is 22.4 Å². The Morgan fingerprint density at radius 1 is 1.10 bits per heavy atom. The van der Waals surface area contributed by atoms with Crippen molar-refractivity contribution < 1.29 is 27.1 Å². The van der Waals surface area contributed by atoms with Gasteiger partial charge >= 0.3 is 6.61 Å². The predicted molar refractivity (Wildman–Crippen MR) is 149 cm³/mol. The molecule has 42 heavy (non-hydrogen) atoms. The summed E-state index contributed by atoms with van der Waals surface area (Å²) in [5.74, 6) is -1.55. The maximum Gasteiger partial charge on any atom is 0.387 e. The Morgan fingerprint density at radius 2 is 1.88 bits per heavy atom. The number of nitrogens with two attached hydrogens (primary N) is 1. The van der Waals surface area contributed by atoms with Gasteiger partial charge in [-0.1, -0.05) is 18.2 Å². The van der Waals surface area contributed by atoms with Gasteiger partial charge in [0.2, 0.25) is 0 Å². The predicted octanol–water partition coefficient (Wildman–Crippen LogP) is 6.03. The van der Waals surface area contributed by atoms with Gasteiger partial charge in [0.15, 0.2) is 5.82 Å². The lowest BCUT2D eigenvalue weighted by Gasteiger charge is -2.36. The smallest absolute Gasteiger partial charge is 0.387 e.